The molecule has 8 heteroatoms. The van der Waals surface area contributed by atoms with Gasteiger partial charge in [-0.3, -0.25) is 9.52 Å². The fourth-order valence-corrected chi connectivity index (χ4v) is 5.06. The summed E-state index contributed by atoms with van der Waals surface area (Å²) in [5, 5.41) is 4.39. The van der Waals surface area contributed by atoms with Gasteiger partial charge < -0.3 is 9.88 Å². The van der Waals surface area contributed by atoms with E-state index in [1.807, 2.05) is 72.3 Å². The van der Waals surface area contributed by atoms with E-state index >= 15 is 0 Å². The molecular weight excluding hydrogens is 470 g/mol. The molecule has 1 heterocycles. The molecular formula is C26H26ClN3O3S. The SMILES string of the molecule is CC[C@](C(=O)NCc1ccccc1)(c1ccc(Cl)cc1)n1ccc2c(NS(C)(=O)=O)cccc21. The van der Waals surface area contributed by atoms with Crippen LogP contribution in [0.1, 0.15) is 24.5 Å². The van der Waals surface area contributed by atoms with Crippen LogP contribution in [0.15, 0.2) is 85.1 Å². The van der Waals surface area contributed by atoms with Gasteiger partial charge in [0.05, 0.1) is 17.5 Å². The Hall–Kier alpha value is -3.29. The maximum absolute atomic E-state index is 13.9. The number of carbonyl (C=O) groups excluding carboxylic acids is 1. The van der Waals surface area contributed by atoms with Crippen LogP contribution >= 0.6 is 11.6 Å². The predicted molar refractivity (Wildman–Crippen MR) is 138 cm³/mol. The Morgan fingerprint density at radius 3 is 2.32 bits per heavy atom. The van der Waals surface area contributed by atoms with Crippen LogP contribution < -0.4 is 10.0 Å². The third-order valence-electron chi connectivity index (χ3n) is 5.94. The number of halogens is 1. The normalized spacial score (nSPS) is 13.4. The van der Waals surface area contributed by atoms with Crippen molar-refractivity contribution in [3.8, 4) is 0 Å². The second-order valence-electron chi connectivity index (χ2n) is 8.19. The van der Waals surface area contributed by atoms with Crippen molar-refractivity contribution >= 4 is 44.1 Å². The number of hydrogen-bond donors (Lipinski definition) is 2. The van der Waals surface area contributed by atoms with Gasteiger partial charge in [-0.15, -0.1) is 0 Å². The van der Waals surface area contributed by atoms with Crippen LogP contribution in [0.5, 0.6) is 0 Å². The van der Waals surface area contributed by atoms with E-state index in [9.17, 15) is 13.2 Å². The minimum Gasteiger partial charge on any atom is -0.350 e. The minimum atomic E-state index is -3.47. The molecule has 0 saturated heterocycles. The zero-order valence-corrected chi connectivity index (χ0v) is 20.5. The van der Waals surface area contributed by atoms with E-state index in [1.54, 1.807) is 24.3 Å². The summed E-state index contributed by atoms with van der Waals surface area (Å²) < 4.78 is 28.3. The second-order valence-corrected chi connectivity index (χ2v) is 10.4. The Bertz CT molecular complexity index is 1420. The lowest BCUT2D eigenvalue weighted by atomic mass is 9.85. The summed E-state index contributed by atoms with van der Waals surface area (Å²) in [5.41, 5.74) is 1.90. The summed E-state index contributed by atoms with van der Waals surface area (Å²) in [6.45, 7) is 2.34. The summed E-state index contributed by atoms with van der Waals surface area (Å²) in [5.74, 6) is -0.167. The molecule has 34 heavy (non-hydrogen) atoms. The third-order valence-corrected chi connectivity index (χ3v) is 6.79. The average Bonchev–Trinajstić information content (AvgIpc) is 3.25. The quantitative estimate of drug-likeness (QED) is 0.355. The number of sulfonamides is 1. The number of aromatic nitrogens is 1. The lowest BCUT2D eigenvalue weighted by Gasteiger charge is -2.35. The van der Waals surface area contributed by atoms with Gasteiger partial charge in [0.15, 0.2) is 0 Å². The van der Waals surface area contributed by atoms with Gasteiger partial charge >= 0.3 is 0 Å². The van der Waals surface area contributed by atoms with E-state index in [1.165, 1.54) is 0 Å². The molecule has 176 valence electrons. The number of carbonyl (C=O) groups is 1. The molecule has 0 radical (unpaired) electrons. The number of amides is 1. The van der Waals surface area contributed by atoms with Crippen molar-refractivity contribution in [1.29, 1.82) is 0 Å². The average molecular weight is 496 g/mol. The van der Waals surface area contributed by atoms with Crippen molar-refractivity contribution in [2.45, 2.75) is 25.4 Å². The number of hydrogen-bond acceptors (Lipinski definition) is 3. The molecule has 0 bridgehead atoms. The monoisotopic (exact) mass is 495 g/mol. The zero-order valence-electron chi connectivity index (χ0n) is 19.0. The number of anilines is 1. The largest absolute Gasteiger partial charge is 0.350 e. The van der Waals surface area contributed by atoms with E-state index in [-0.39, 0.29) is 5.91 Å². The van der Waals surface area contributed by atoms with Crippen molar-refractivity contribution in [3.05, 3.63) is 101 Å². The summed E-state index contributed by atoms with van der Waals surface area (Å²) in [7, 11) is -3.47. The van der Waals surface area contributed by atoms with E-state index < -0.39 is 15.6 Å². The van der Waals surface area contributed by atoms with Crippen LogP contribution in [0.3, 0.4) is 0 Å². The fraction of sp³-hybridized carbons (Fsp3) is 0.192. The van der Waals surface area contributed by atoms with Crippen molar-refractivity contribution in [1.82, 2.24) is 9.88 Å². The number of benzene rings is 3. The van der Waals surface area contributed by atoms with Gasteiger partial charge in [0.2, 0.25) is 10.0 Å². The molecule has 0 spiro atoms. The number of rotatable bonds is 8. The van der Waals surface area contributed by atoms with Crippen molar-refractivity contribution in [2.75, 3.05) is 11.0 Å². The Morgan fingerprint density at radius 2 is 1.68 bits per heavy atom. The van der Waals surface area contributed by atoms with E-state index in [0.717, 1.165) is 22.9 Å². The minimum absolute atomic E-state index is 0.167. The maximum atomic E-state index is 13.9. The van der Waals surface area contributed by atoms with Gasteiger partial charge in [-0.2, -0.15) is 0 Å². The molecule has 0 aliphatic rings. The summed E-state index contributed by atoms with van der Waals surface area (Å²) in [6.07, 6.45) is 3.41. The lowest BCUT2D eigenvalue weighted by Crippen LogP contribution is -2.48. The van der Waals surface area contributed by atoms with Crippen LogP contribution in [0.2, 0.25) is 5.02 Å². The Balaban J connectivity index is 1.86. The first-order valence-electron chi connectivity index (χ1n) is 10.9. The standard InChI is InChI=1S/C26H26ClN3O3S/c1-3-26(20-12-14-21(27)15-13-20,25(31)28-18-19-8-5-4-6-9-19)30-17-16-22-23(29-34(2,32)33)10-7-11-24(22)30/h4-17,29H,3,18H2,1-2H3,(H,28,31)/t26-/m1/s1. The summed E-state index contributed by atoms with van der Waals surface area (Å²) in [6, 6.07) is 24.2. The highest BCUT2D eigenvalue weighted by atomic mass is 35.5. The fourth-order valence-electron chi connectivity index (χ4n) is 4.35. The smallest absolute Gasteiger partial charge is 0.251 e. The molecule has 0 aliphatic carbocycles. The zero-order chi connectivity index (χ0) is 24.3. The first-order chi connectivity index (χ1) is 16.2. The highest BCUT2D eigenvalue weighted by Gasteiger charge is 2.41. The molecule has 2 N–H and O–H groups in total. The summed E-state index contributed by atoms with van der Waals surface area (Å²) in [4.78, 5) is 13.9. The van der Waals surface area contributed by atoms with Crippen LogP contribution in [-0.2, 0) is 26.9 Å². The second kappa shape index (κ2) is 9.52. The van der Waals surface area contributed by atoms with E-state index in [4.69, 9.17) is 11.6 Å². The van der Waals surface area contributed by atoms with Gasteiger partial charge in [-0.1, -0.05) is 67.1 Å². The molecule has 0 aliphatic heterocycles. The molecule has 1 atom stereocenters. The van der Waals surface area contributed by atoms with Gasteiger partial charge in [-0.05, 0) is 47.9 Å². The molecule has 4 aromatic rings. The molecule has 1 amide bonds. The van der Waals surface area contributed by atoms with E-state index in [0.29, 0.717) is 29.1 Å². The van der Waals surface area contributed by atoms with Gasteiger partial charge in [0.1, 0.15) is 5.54 Å². The molecule has 4 rings (SSSR count). The molecule has 1 aromatic heterocycles. The highest BCUT2D eigenvalue weighted by Crippen LogP contribution is 2.37. The lowest BCUT2D eigenvalue weighted by molar-refractivity contribution is -0.128. The molecule has 0 saturated carbocycles. The van der Waals surface area contributed by atoms with Crippen molar-refractivity contribution < 1.29 is 13.2 Å². The highest BCUT2D eigenvalue weighted by molar-refractivity contribution is 7.92. The molecule has 6 nitrogen and oxygen atoms in total. The van der Waals surface area contributed by atoms with Crippen molar-refractivity contribution in [2.24, 2.45) is 0 Å². The molecule has 0 unspecified atom stereocenters. The van der Waals surface area contributed by atoms with Gasteiger partial charge in [-0.25, -0.2) is 8.42 Å². The first kappa shape index (κ1) is 23.9. The van der Waals surface area contributed by atoms with Crippen LogP contribution in [0.4, 0.5) is 5.69 Å². The molecule has 3 aromatic carbocycles. The predicted octanol–water partition coefficient (Wildman–Crippen LogP) is 5.14. The summed E-state index contributed by atoms with van der Waals surface area (Å²) >= 11 is 6.16. The third kappa shape index (κ3) is 4.67. The number of nitrogens with zero attached hydrogens (tertiary/aromatic N) is 1. The first-order valence-corrected chi connectivity index (χ1v) is 13.2. The van der Waals surface area contributed by atoms with Gasteiger partial charge in [0.25, 0.3) is 5.91 Å². The molecule has 0 fully saturated rings. The van der Waals surface area contributed by atoms with Crippen LogP contribution in [0, 0.1) is 0 Å². The Morgan fingerprint density at radius 1 is 0.971 bits per heavy atom. The number of nitrogens with one attached hydrogen (secondary N) is 2. The Labute approximate surface area is 204 Å². The van der Waals surface area contributed by atoms with Crippen molar-refractivity contribution in [3.63, 3.8) is 0 Å². The topological polar surface area (TPSA) is 80.2 Å². The van der Waals surface area contributed by atoms with Crippen LogP contribution in [-0.4, -0.2) is 25.1 Å². The van der Waals surface area contributed by atoms with E-state index in [2.05, 4.69) is 10.0 Å². The van der Waals surface area contributed by atoms with Crippen LogP contribution in [0.25, 0.3) is 10.9 Å². The number of fused-ring (bicyclic) bond motifs is 1. The van der Waals surface area contributed by atoms with Gasteiger partial charge in [0, 0.05) is 23.2 Å². The Kier molecular flexibility index (Phi) is 6.68. The maximum Gasteiger partial charge on any atom is 0.251 e.